The number of rotatable bonds is 4. The summed E-state index contributed by atoms with van der Waals surface area (Å²) >= 11 is 0. The van der Waals surface area contributed by atoms with Gasteiger partial charge in [-0.05, 0) is 43.5 Å². The molecule has 0 radical (unpaired) electrons. The van der Waals surface area contributed by atoms with Gasteiger partial charge in [0.15, 0.2) is 6.10 Å². The number of nitrogens with one attached hydrogen (secondary N) is 2. The van der Waals surface area contributed by atoms with Gasteiger partial charge in [-0.2, -0.15) is 0 Å². The predicted octanol–water partition coefficient (Wildman–Crippen LogP) is 1.18. The lowest BCUT2D eigenvalue weighted by molar-refractivity contribution is -0.154. The van der Waals surface area contributed by atoms with Crippen molar-refractivity contribution in [2.45, 2.75) is 37.5 Å². The average molecular weight is 365 g/mol. The highest BCUT2D eigenvalue weighted by Crippen LogP contribution is 2.23. The van der Waals surface area contributed by atoms with Crippen LogP contribution in [0.2, 0.25) is 0 Å². The van der Waals surface area contributed by atoms with E-state index in [1.54, 1.807) is 4.90 Å². The van der Waals surface area contributed by atoms with E-state index in [-0.39, 0.29) is 17.8 Å². The van der Waals surface area contributed by atoms with Crippen LogP contribution < -0.4 is 10.6 Å². The van der Waals surface area contributed by atoms with Crippen LogP contribution in [0.25, 0.3) is 0 Å². The Balaban J connectivity index is 1.46. The Kier molecular flexibility index (Phi) is 5.36. The molecule has 2 fully saturated rings. The molecule has 0 spiro atoms. The Hall–Kier alpha value is -2.68. The normalized spacial score (nSPS) is 25.1. The molecular formula is C17H20FN3O5. The Morgan fingerprint density at radius 2 is 1.81 bits per heavy atom. The molecule has 0 saturated carbocycles. The SMILES string of the molecule is O=C(Nc1ccc(F)cc1)NC1CCN(C(=O)[C@@H]2CC[C@H](C(=O)O)O2)C1. The quantitative estimate of drug-likeness (QED) is 0.743. The van der Waals surface area contributed by atoms with E-state index in [0.29, 0.717) is 38.0 Å². The summed E-state index contributed by atoms with van der Waals surface area (Å²) in [4.78, 5) is 36.9. The fourth-order valence-electron chi connectivity index (χ4n) is 3.17. The van der Waals surface area contributed by atoms with Crippen LogP contribution in [0.1, 0.15) is 19.3 Å². The van der Waals surface area contributed by atoms with Crippen molar-refractivity contribution in [3.8, 4) is 0 Å². The van der Waals surface area contributed by atoms with Crippen molar-refractivity contribution < 1.29 is 28.6 Å². The maximum Gasteiger partial charge on any atom is 0.332 e. The summed E-state index contributed by atoms with van der Waals surface area (Å²) in [5.41, 5.74) is 0.467. The van der Waals surface area contributed by atoms with E-state index in [4.69, 9.17) is 9.84 Å². The van der Waals surface area contributed by atoms with E-state index in [0.717, 1.165) is 0 Å². The predicted molar refractivity (Wildman–Crippen MR) is 89.1 cm³/mol. The van der Waals surface area contributed by atoms with Gasteiger partial charge in [0.05, 0.1) is 0 Å². The monoisotopic (exact) mass is 365 g/mol. The summed E-state index contributed by atoms with van der Waals surface area (Å²) in [6.45, 7) is 0.811. The smallest absolute Gasteiger partial charge is 0.332 e. The lowest BCUT2D eigenvalue weighted by Crippen LogP contribution is -2.43. The van der Waals surface area contributed by atoms with Gasteiger partial charge < -0.3 is 25.4 Å². The van der Waals surface area contributed by atoms with Gasteiger partial charge in [-0.25, -0.2) is 14.0 Å². The number of nitrogens with zero attached hydrogens (tertiary/aromatic N) is 1. The lowest BCUT2D eigenvalue weighted by Gasteiger charge is -2.21. The van der Waals surface area contributed by atoms with Gasteiger partial charge in [0.1, 0.15) is 11.9 Å². The van der Waals surface area contributed by atoms with E-state index in [2.05, 4.69) is 10.6 Å². The van der Waals surface area contributed by atoms with Crippen LogP contribution in [0.3, 0.4) is 0 Å². The van der Waals surface area contributed by atoms with Gasteiger partial charge in [0.25, 0.3) is 5.91 Å². The molecule has 1 unspecified atom stereocenters. The zero-order valence-corrected chi connectivity index (χ0v) is 14.0. The molecule has 2 saturated heterocycles. The zero-order chi connectivity index (χ0) is 18.7. The van der Waals surface area contributed by atoms with Crippen molar-refractivity contribution in [1.29, 1.82) is 0 Å². The number of anilines is 1. The number of amides is 3. The van der Waals surface area contributed by atoms with Crippen molar-refractivity contribution in [3.05, 3.63) is 30.1 Å². The molecule has 3 atom stereocenters. The topological polar surface area (TPSA) is 108 Å². The van der Waals surface area contributed by atoms with Crippen LogP contribution in [0.15, 0.2) is 24.3 Å². The number of carboxylic acids is 1. The highest BCUT2D eigenvalue weighted by molar-refractivity contribution is 5.89. The third kappa shape index (κ3) is 4.29. The molecule has 3 rings (SSSR count). The van der Waals surface area contributed by atoms with Gasteiger partial charge in [0.2, 0.25) is 0 Å². The van der Waals surface area contributed by atoms with Crippen molar-refractivity contribution in [3.63, 3.8) is 0 Å². The molecule has 3 N–H and O–H groups in total. The molecule has 3 amide bonds. The number of carbonyl (C=O) groups is 3. The maximum absolute atomic E-state index is 12.9. The zero-order valence-electron chi connectivity index (χ0n) is 14.0. The molecule has 0 aromatic heterocycles. The number of likely N-dealkylation sites (tertiary alicyclic amines) is 1. The molecule has 140 valence electrons. The van der Waals surface area contributed by atoms with Crippen LogP contribution in [0.5, 0.6) is 0 Å². The van der Waals surface area contributed by atoms with E-state index < -0.39 is 24.2 Å². The van der Waals surface area contributed by atoms with Gasteiger partial charge in [0, 0.05) is 24.8 Å². The largest absolute Gasteiger partial charge is 0.479 e. The van der Waals surface area contributed by atoms with E-state index in [9.17, 15) is 18.8 Å². The summed E-state index contributed by atoms with van der Waals surface area (Å²) in [5, 5.41) is 14.3. The molecular weight excluding hydrogens is 345 g/mol. The standard InChI is InChI=1S/C17H20FN3O5/c18-10-1-3-11(4-2-10)19-17(25)20-12-7-8-21(9-12)15(22)13-5-6-14(26-13)16(23)24/h1-4,12-14H,5-9H2,(H,23,24)(H2,19,20,25)/t12?,13-,14+/m0/s1. The summed E-state index contributed by atoms with van der Waals surface area (Å²) < 4.78 is 18.1. The highest BCUT2D eigenvalue weighted by Gasteiger charge is 2.38. The summed E-state index contributed by atoms with van der Waals surface area (Å²) in [6.07, 6.45) is -0.362. The Morgan fingerprint density at radius 3 is 2.46 bits per heavy atom. The summed E-state index contributed by atoms with van der Waals surface area (Å²) in [7, 11) is 0. The van der Waals surface area contributed by atoms with Crippen LogP contribution in [0.4, 0.5) is 14.9 Å². The molecule has 1 aromatic carbocycles. The summed E-state index contributed by atoms with van der Waals surface area (Å²) in [5.74, 6) is -1.68. The molecule has 2 aliphatic rings. The Morgan fingerprint density at radius 1 is 1.12 bits per heavy atom. The van der Waals surface area contributed by atoms with Crippen LogP contribution >= 0.6 is 0 Å². The van der Waals surface area contributed by atoms with Gasteiger partial charge in [-0.15, -0.1) is 0 Å². The minimum Gasteiger partial charge on any atom is -0.479 e. The van der Waals surface area contributed by atoms with Crippen LogP contribution in [-0.4, -0.2) is 59.3 Å². The fourth-order valence-corrected chi connectivity index (χ4v) is 3.17. The first-order chi connectivity index (χ1) is 12.4. The number of urea groups is 1. The fraction of sp³-hybridized carbons (Fsp3) is 0.471. The molecule has 0 bridgehead atoms. The van der Waals surface area contributed by atoms with Crippen molar-refractivity contribution in [2.24, 2.45) is 0 Å². The lowest BCUT2D eigenvalue weighted by atomic mass is 10.2. The van der Waals surface area contributed by atoms with Crippen LogP contribution in [-0.2, 0) is 14.3 Å². The first-order valence-corrected chi connectivity index (χ1v) is 8.42. The second kappa shape index (κ2) is 7.69. The van der Waals surface area contributed by atoms with Crippen molar-refractivity contribution in [1.82, 2.24) is 10.2 Å². The van der Waals surface area contributed by atoms with Crippen molar-refractivity contribution >= 4 is 23.6 Å². The number of hydrogen-bond donors (Lipinski definition) is 3. The second-order valence-electron chi connectivity index (χ2n) is 6.40. The minimum atomic E-state index is -1.06. The third-order valence-electron chi connectivity index (χ3n) is 4.51. The third-order valence-corrected chi connectivity index (χ3v) is 4.51. The molecule has 2 aliphatic heterocycles. The first-order valence-electron chi connectivity index (χ1n) is 8.42. The number of ether oxygens (including phenoxy) is 1. The van der Waals surface area contributed by atoms with Gasteiger partial charge in [-0.3, -0.25) is 4.79 Å². The number of carbonyl (C=O) groups excluding carboxylic acids is 2. The van der Waals surface area contributed by atoms with E-state index in [1.165, 1.54) is 24.3 Å². The number of aliphatic carboxylic acids is 1. The molecule has 1 aromatic rings. The van der Waals surface area contributed by atoms with Crippen molar-refractivity contribution in [2.75, 3.05) is 18.4 Å². The maximum atomic E-state index is 12.9. The van der Waals surface area contributed by atoms with E-state index in [1.807, 2.05) is 0 Å². The molecule has 26 heavy (non-hydrogen) atoms. The van der Waals surface area contributed by atoms with E-state index >= 15 is 0 Å². The average Bonchev–Trinajstić information content (AvgIpc) is 3.26. The molecule has 0 aliphatic carbocycles. The molecule has 9 heteroatoms. The number of halogens is 1. The number of carboxylic acid groups (broad SMARTS) is 1. The second-order valence-corrected chi connectivity index (χ2v) is 6.40. The first kappa shape index (κ1) is 18.1. The molecule has 8 nitrogen and oxygen atoms in total. The number of hydrogen-bond acceptors (Lipinski definition) is 4. The minimum absolute atomic E-state index is 0.212. The Bertz CT molecular complexity index is 696. The van der Waals surface area contributed by atoms with Crippen LogP contribution in [0, 0.1) is 5.82 Å². The number of benzene rings is 1. The highest BCUT2D eigenvalue weighted by atomic mass is 19.1. The molecule has 2 heterocycles. The summed E-state index contributed by atoms with van der Waals surface area (Å²) in [6, 6.07) is 4.76. The van der Waals surface area contributed by atoms with Gasteiger partial charge in [-0.1, -0.05) is 0 Å². The van der Waals surface area contributed by atoms with Gasteiger partial charge >= 0.3 is 12.0 Å². The Labute approximate surface area is 149 Å².